The zero-order valence-corrected chi connectivity index (χ0v) is 11.3. The zero-order valence-electron chi connectivity index (χ0n) is 8.12. The van der Waals surface area contributed by atoms with Crippen LogP contribution in [0, 0.1) is 11.3 Å². The zero-order chi connectivity index (χ0) is 14.1. The van der Waals surface area contributed by atoms with Gasteiger partial charge in [0.1, 0.15) is 16.7 Å². The maximum absolute atomic E-state index is 12.1. The Morgan fingerprint density at radius 2 is 1.94 bits per heavy atom. The average Bonchev–Trinajstić information content (AvgIpc) is 2.16. The van der Waals surface area contributed by atoms with Gasteiger partial charge < -0.3 is 4.74 Å². The minimum atomic E-state index is -5.05. The fourth-order valence-corrected chi connectivity index (χ4v) is 3.20. The highest BCUT2D eigenvalue weighted by atomic mass is 79.9. The first kappa shape index (κ1) is 15.1. The van der Waals surface area contributed by atoms with Crippen molar-refractivity contribution in [1.82, 2.24) is 0 Å². The molecule has 4 nitrogen and oxygen atoms in total. The van der Waals surface area contributed by atoms with E-state index in [9.17, 15) is 21.6 Å². The molecule has 0 fully saturated rings. The SMILES string of the molecule is N#Cc1cc(Br)c(S(=O)(=O)Cl)cc1OC(F)(F)F. The predicted octanol–water partition coefficient (Wildman–Crippen LogP) is 3.15. The molecule has 1 aromatic rings. The number of nitriles is 1. The van der Waals surface area contributed by atoms with Crippen LogP contribution in [0.4, 0.5) is 13.2 Å². The van der Waals surface area contributed by atoms with Crippen LogP contribution in [0.25, 0.3) is 0 Å². The lowest BCUT2D eigenvalue weighted by Gasteiger charge is -2.11. The molecular formula is C8H2BrClF3NO3S. The summed E-state index contributed by atoms with van der Waals surface area (Å²) in [6, 6.07) is 2.84. The second-order valence-corrected chi connectivity index (χ2v) is 6.26. The smallest absolute Gasteiger partial charge is 0.404 e. The normalized spacial score (nSPS) is 12.0. The van der Waals surface area contributed by atoms with Gasteiger partial charge in [-0.25, -0.2) is 8.42 Å². The van der Waals surface area contributed by atoms with E-state index in [1.165, 1.54) is 6.07 Å². The number of hydrogen-bond acceptors (Lipinski definition) is 4. The van der Waals surface area contributed by atoms with E-state index in [-0.39, 0.29) is 4.47 Å². The molecule has 10 heteroatoms. The summed E-state index contributed by atoms with van der Waals surface area (Å²) in [5.74, 6) is -0.938. The van der Waals surface area contributed by atoms with E-state index in [1.54, 1.807) is 0 Å². The van der Waals surface area contributed by atoms with Crippen molar-refractivity contribution < 1.29 is 26.3 Å². The quantitative estimate of drug-likeness (QED) is 0.756. The fraction of sp³-hybridized carbons (Fsp3) is 0.125. The van der Waals surface area contributed by atoms with Crippen molar-refractivity contribution in [2.75, 3.05) is 0 Å². The van der Waals surface area contributed by atoms with Gasteiger partial charge in [0.15, 0.2) is 0 Å². The van der Waals surface area contributed by atoms with E-state index >= 15 is 0 Å². The van der Waals surface area contributed by atoms with Gasteiger partial charge in [0.25, 0.3) is 9.05 Å². The van der Waals surface area contributed by atoms with Crippen LogP contribution in [0.3, 0.4) is 0 Å². The van der Waals surface area contributed by atoms with E-state index in [4.69, 9.17) is 15.9 Å². The molecule has 0 saturated carbocycles. The van der Waals surface area contributed by atoms with Crippen LogP contribution >= 0.6 is 26.6 Å². The third-order valence-corrected chi connectivity index (χ3v) is 3.92. The Morgan fingerprint density at radius 1 is 1.39 bits per heavy atom. The van der Waals surface area contributed by atoms with Gasteiger partial charge in [-0.2, -0.15) is 5.26 Å². The van der Waals surface area contributed by atoms with Crippen molar-refractivity contribution in [3.05, 3.63) is 22.2 Å². The first-order valence-corrected chi connectivity index (χ1v) is 7.09. The molecule has 1 rings (SSSR count). The third-order valence-electron chi connectivity index (χ3n) is 1.64. The molecule has 0 atom stereocenters. The molecule has 0 amide bonds. The Morgan fingerprint density at radius 3 is 2.33 bits per heavy atom. The highest BCUT2D eigenvalue weighted by molar-refractivity contribution is 9.10. The summed E-state index contributed by atoms with van der Waals surface area (Å²) >= 11 is 2.79. The fourth-order valence-electron chi connectivity index (χ4n) is 1.02. The Balaban J connectivity index is 3.47. The Bertz CT molecular complexity index is 624. The maximum atomic E-state index is 12.1. The van der Waals surface area contributed by atoms with E-state index < -0.39 is 31.6 Å². The molecule has 98 valence electrons. The maximum Gasteiger partial charge on any atom is 0.573 e. The summed E-state index contributed by atoms with van der Waals surface area (Å²) in [7, 11) is 0.757. The lowest BCUT2D eigenvalue weighted by atomic mass is 10.2. The number of hydrogen-bond donors (Lipinski definition) is 0. The number of nitrogens with zero attached hydrogens (tertiary/aromatic N) is 1. The Kier molecular flexibility index (Phi) is 4.15. The van der Waals surface area contributed by atoms with Gasteiger partial charge in [-0.3, -0.25) is 0 Å². The number of benzene rings is 1. The standard InChI is InChI=1S/C8H2BrClF3NO3S/c9-5-1-4(3-14)6(17-8(11,12)13)2-7(5)18(10,15)16/h1-2H. The second-order valence-electron chi connectivity index (χ2n) is 2.88. The van der Waals surface area contributed by atoms with Crippen LogP contribution in [0.5, 0.6) is 5.75 Å². The summed E-state index contributed by atoms with van der Waals surface area (Å²) < 4.78 is 61.8. The molecule has 1 aromatic carbocycles. The van der Waals surface area contributed by atoms with Gasteiger partial charge in [0, 0.05) is 21.2 Å². The van der Waals surface area contributed by atoms with Crippen molar-refractivity contribution in [3.8, 4) is 11.8 Å². The second kappa shape index (κ2) is 4.95. The van der Waals surface area contributed by atoms with Crippen molar-refractivity contribution in [3.63, 3.8) is 0 Å². The van der Waals surface area contributed by atoms with Gasteiger partial charge in [0.2, 0.25) is 0 Å². The summed E-state index contributed by atoms with van der Waals surface area (Å²) in [5, 5.41) is 8.63. The van der Waals surface area contributed by atoms with Crippen LogP contribution in [0.2, 0.25) is 0 Å². The minimum absolute atomic E-state index is 0.136. The monoisotopic (exact) mass is 363 g/mol. The summed E-state index contributed by atoms with van der Waals surface area (Å²) in [6.07, 6.45) is -5.05. The summed E-state index contributed by atoms with van der Waals surface area (Å²) in [6.45, 7) is 0. The van der Waals surface area contributed by atoms with Crippen LogP contribution in [-0.4, -0.2) is 14.8 Å². The lowest BCUT2D eigenvalue weighted by Crippen LogP contribution is -2.18. The molecule has 0 N–H and O–H groups in total. The molecule has 0 bridgehead atoms. The molecule has 0 spiro atoms. The molecule has 0 aliphatic heterocycles. The highest BCUT2D eigenvalue weighted by Crippen LogP contribution is 2.34. The molecular weight excluding hydrogens is 363 g/mol. The molecule has 18 heavy (non-hydrogen) atoms. The van der Waals surface area contributed by atoms with E-state index in [0.717, 1.165) is 6.07 Å². The Labute approximate surface area is 112 Å². The van der Waals surface area contributed by atoms with E-state index in [0.29, 0.717) is 6.07 Å². The molecule has 0 saturated heterocycles. The number of rotatable bonds is 2. The third kappa shape index (κ3) is 3.76. The van der Waals surface area contributed by atoms with Crippen LogP contribution in [-0.2, 0) is 9.05 Å². The Hall–Kier alpha value is -0.980. The first-order chi connectivity index (χ1) is 8.04. The van der Waals surface area contributed by atoms with Gasteiger partial charge >= 0.3 is 6.36 Å². The van der Waals surface area contributed by atoms with Crippen molar-refractivity contribution in [1.29, 1.82) is 5.26 Å². The topological polar surface area (TPSA) is 67.2 Å². The molecule has 0 radical (unpaired) electrons. The molecule has 0 aliphatic carbocycles. The van der Waals surface area contributed by atoms with Gasteiger partial charge in [-0.15, -0.1) is 13.2 Å². The number of alkyl halides is 3. The van der Waals surface area contributed by atoms with Crippen LogP contribution in [0.1, 0.15) is 5.56 Å². The predicted molar refractivity (Wildman–Crippen MR) is 58.6 cm³/mol. The highest BCUT2D eigenvalue weighted by Gasteiger charge is 2.33. The number of ether oxygens (including phenoxy) is 1. The summed E-state index contributed by atoms with van der Waals surface area (Å²) in [5.41, 5.74) is -0.483. The average molecular weight is 365 g/mol. The molecule has 0 aromatic heterocycles. The van der Waals surface area contributed by atoms with Gasteiger partial charge in [-0.1, -0.05) is 0 Å². The molecule has 0 unspecified atom stereocenters. The lowest BCUT2D eigenvalue weighted by molar-refractivity contribution is -0.274. The van der Waals surface area contributed by atoms with Crippen molar-refractivity contribution >= 4 is 35.7 Å². The first-order valence-electron chi connectivity index (χ1n) is 3.98. The van der Waals surface area contributed by atoms with E-state index in [2.05, 4.69) is 20.7 Å². The molecule has 0 aliphatic rings. The van der Waals surface area contributed by atoms with Gasteiger partial charge in [-0.05, 0) is 22.0 Å². The molecule has 0 heterocycles. The summed E-state index contributed by atoms with van der Waals surface area (Å²) in [4.78, 5) is -0.623. The minimum Gasteiger partial charge on any atom is -0.404 e. The van der Waals surface area contributed by atoms with Crippen LogP contribution < -0.4 is 4.74 Å². The van der Waals surface area contributed by atoms with E-state index in [1.807, 2.05) is 0 Å². The van der Waals surface area contributed by atoms with Gasteiger partial charge in [0.05, 0.1) is 5.56 Å². The largest absolute Gasteiger partial charge is 0.573 e. The van der Waals surface area contributed by atoms with Crippen LogP contribution in [0.15, 0.2) is 21.5 Å². The number of halogens is 5. The van der Waals surface area contributed by atoms with Crippen molar-refractivity contribution in [2.24, 2.45) is 0 Å². The van der Waals surface area contributed by atoms with Crippen molar-refractivity contribution in [2.45, 2.75) is 11.3 Å².